The van der Waals surface area contributed by atoms with Gasteiger partial charge >= 0.3 is 0 Å². The molecular weight excluding hydrogens is 488 g/mol. The zero-order valence-corrected chi connectivity index (χ0v) is 22.2. The molecule has 194 valence electrons. The average molecular weight is 521 g/mol. The molecule has 2 aromatic carbocycles. The second-order valence-electron chi connectivity index (χ2n) is 11.0. The lowest BCUT2D eigenvalue weighted by atomic mass is 9.70. The van der Waals surface area contributed by atoms with Gasteiger partial charge in [-0.05, 0) is 54.5 Å². The molecule has 8 nitrogen and oxygen atoms in total. The predicted octanol–water partition coefficient (Wildman–Crippen LogP) is 4.32. The van der Waals surface area contributed by atoms with Crippen LogP contribution < -0.4 is 5.32 Å². The third-order valence-electron chi connectivity index (χ3n) is 8.94. The first-order chi connectivity index (χ1) is 17.6. The number of benzene rings is 2. The van der Waals surface area contributed by atoms with Crippen molar-refractivity contribution < 1.29 is 17.9 Å². The highest BCUT2D eigenvalue weighted by atomic mass is 32.2. The average Bonchev–Trinajstić information content (AvgIpc) is 3.47. The molecule has 2 fully saturated rings. The maximum Gasteiger partial charge on any atom is 0.276 e. The number of hydrogen-bond acceptors (Lipinski definition) is 5. The molecular formula is C28H32N4O4S. The maximum absolute atomic E-state index is 13.7. The number of carbonyl (C=O) groups is 1. The molecule has 0 radical (unpaired) electrons. The highest BCUT2D eigenvalue weighted by molar-refractivity contribution is 7.89. The summed E-state index contributed by atoms with van der Waals surface area (Å²) in [6.07, 6.45) is 2.07. The molecule has 1 aromatic heterocycles. The standard InChI is InChI=1S/C28H32N4O4S/c1-27(2)22-12-13-28(27,3)25-23(22)24(30-32(25)20-9-5-4-6-10-20)26(33)29-19-8-7-11-21(18-19)37(34,35)31-14-16-36-17-15-31/h4-11,18,22H,12-17H2,1-3H3,(H,29,33)/t22-,28-/m0/s1. The van der Waals surface area contributed by atoms with Gasteiger partial charge in [0.2, 0.25) is 10.0 Å². The van der Waals surface area contributed by atoms with Crippen LogP contribution in [0.1, 0.15) is 61.3 Å². The van der Waals surface area contributed by atoms with Gasteiger partial charge in [-0.1, -0.05) is 45.0 Å². The number of para-hydroxylation sites is 1. The number of nitrogens with zero attached hydrogens (tertiary/aromatic N) is 3. The van der Waals surface area contributed by atoms with Crippen LogP contribution in [0.2, 0.25) is 0 Å². The summed E-state index contributed by atoms with van der Waals surface area (Å²) in [4.78, 5) is 13.9. The van der Waals surface area contributed by atoms with E-state index in [1.807, 2.05) is 35.0 Å². The van der Waals surface area contributed by atoms with E-state index in [0.717, 1.165) is 29.8 Å². The van der Waals surface area contributed by atoms with Gasteiger partial charge in [0.15, 0.2) is 5.69 Å². The lowest BCUT2D eigenvalue weighted by molar-refractivity contribution is 0.0730. The van der Waals surface area contributed by atoms with Gasteiger partial charge in [-0.2, -0.15) is 9.40 Å². The monoisotopic (exact) mass is 520 g/mol. The van der Waals surface area contributed by atoms with Crippen molar-refractivity contribution in [3.05, 3.63) is 71.5 Å². The van der Waals surface area contributed by atoms with Gasteiger partial charge in [0, 0.05) is 29.8 Å². The van der Waals surface area contributed by atoms with E-state index in [1.165, 1.54) is 10.4 Å². The number of aromatic nitrogens is 2. The Balaban J connectivity index is 1.37. The number of sulfonamides is 1. The first-order valence-electron chi connectivity index (χ1n) is 12.8. The Morgan fingerprint density at radius 1 is 1.05 bits per heavy atom. The number of carbonyl (C=O) groups excluding carboxylic acids is 1. The number of fused-ring (bicyclic) bond motifs is 5. The third kappa shape index (κ3) is 3.59. The summed E-state index contributed by atoms with van der Waals surface area (Å²) in [7, 11) is -3.67. The Kier molecular flexibility index (Phi) is 5.60. The number of ether oxygens (including phenoxy) is 1. The van der Waals surface area contributed by atoms with E-state index < -0.39 is 10.0 Å². The minimum atomic E-state index is -3.67. The largest absolute Gasteiger partial charge is 0.379 e. The van der Waals surface area contributed by atoms with Crippen molar-refractivity contribution in [2.45, 2.75) is 49.8 Å². The van der Waals surface area contributed by atoms with Gasteiger partial charge in [0.05, 0.1) is 29.5 Å². The molecule has 2 atom stereocenters. The maximum atomic E-state index is 13.7. The van der Waals surface area contributed by atoms with Crippen LogP contribution in [0.25, 0.3) is 5.69 Å². The molecule has 3 aliphatic rings. The molecule has 2 bridgehead atoms. The number of nitrogens with one attached hydrogen (secondary N) is 1. The third-order valence-corrected chi connectivity index (χ3v) is 10.8. The van der Waals surface area contributed by atoms with Crippen LogP contribution >= 0.6 is 0 Å². The first-order valence-corrected chi connectivity index (χ1v) is 14.3. The van der Waals surface area contributed by atoms with Gasteiger partial charge < -0.3 is 10.1 Å². The molecule has 1 saturated carbocycles. The molecule has 2 heterocycles. The van der Waals surface area contributed by atoms with E-state index in [4.69, 9.17) is 9.84 Å². The number of anilines is 1. The number of hydrogen-bond donors (Lipinski definition) is 1. The van der Waals surface area contributed by atoms with Crippen LogP contribution in [0, 0.1) is 5.41 Å². The van der Waals surface area contributed by atoms with E-state index in [9.17, 15) is 13.2 Å². The predicted molar refractivity (Wildman–Crippen MR) is 141 cm³/mol. The summed E-state index contributed by atoms with van der Waals surface area (Å²) in [6, 6.07) is 16.4. The molecule has 3 aromatic rings. The smallest absolute Gasteiger partial charge is 0.276 e. The Bertz CT molecular complexity index is 1480. The first kappa shape index (κ1) is 24.3. The van der Waals surface area contributed by atoms with Gasteiger partial charge in [-0.25, -0.2) is 13.1 Å². The zero-order chi connectivity index (χ0) is 26.0. The number of amides is 1. The Morgan fingerprint density at radius 2 is 1.78 bits per heavy atom. The van der Waals surface area contributed by atoms with E-state index in [0.29, 0.717) is 37.7 Å². The fraction of sp³-hybridized carbons (Fsp3) is 0.429. The zero-order valence-electron chi connectivity index (χ0n) is 21.4. The summed E-state index contributed by atoms with van der Waals surface area (Å²) in [5.41, 5.74) is 3.82. The molecule has 0 spiro atoms. The highest BCUT2D eigenvalue weighted by Gasteiger charge is 2.63. The summed E-state index contributed by atoms with van der Waals surface area (Å²) >= 11 is 0. The van der Waals surface area contributed by atoms with E-state index in [-0.39, 0.29) is 27.6 Å². The Morgan fingerprint density at radius 3 is 2.51 bits per heavy atom. The van der Waals surface area contributed by atoms with Gasteiger partial charge in [-0.15, -0.1) is 0 Å². The van der Waals surface area contributed by atoms with Crippen LogP contribution in [0.4, 0.5) is 5.69 Å². The molecule has 1 N–H and O–H groups in total. The van der Waals surface area contributed by atoms with Crippen LogP contribution in [0.15, 0.2) is 59.5 Å². The van der Waals surface area contributed by atoms with Crippen LogP contribution in [-0.4, -0.2) is 54.7 Å². The molecule has 6 rings (SSSR count). The van der Waals surface area contributed by atoms with Crippen molar-refractivity contribution >= 4 is 21.6 Å². The van der Waals surface area contributed by atoms with Crippen molar-refractivity contribution in [3.63, 3.8) is 0 Å². The Labute approximate surface area is 217 Å². The number of rotatable bonds is 5. The second kappa shape index (κ2) is 8.51. The van der Waals surface area contributed by atoms with Crippen LogP contribution in [0.3, 0.4) is 0 Å². The van der Waals surface area contributed by atoms with E-state index in [2.05, 4.69) is 26.1 Å². The molecule has 9 heteroatoms. The van der Waals surface area contributed by atoms with Crippen molar-refractivity contribution in [1.82, 2.24) is 14.1 Å². The molecule has 1 aliphatic heterocycles. The SMILES string of the molecule is CC1(C)[C@H]2CC[C@@]1(C)c1c2c(C(=O)Nc2cccc(S(=O)(=O)N3CCOCC3)c2)nn1-c1ccccc1. The van der Waals surface area contributed by atoms with E-state index >= 15 is 0 Å². The van der Waals surface area contributed by atoms with E-state index in [1.54, 1.807) is 18.2 Å². The van der Waals surface area contributed by atoms with Crippen molar-refractivity contribution in [2.24, 2.45) is 5.41 Å². The van der Waals surface area contributed by atoms with Crippen molar-refractivity contribution in [3.8, 4) is 5.69 Å². The fourth-order valence-electron chi connectivity index (χ4n) is 6.50. The van der Waals surface area contributed by atoms with Gasteiger partial charge in [0.1, 0.15) is 0 Å². The molecule has 1 saturated heterocycles. The summed E-state index contributed by atoms with van der Waals surface area (Å²) in [5, 5.41) is 7.80. The topological polar surface area (TPSA) is 93.5 Å². The molecule has 1 amide bonds. The summed E-state index contributed by atoms with van der Waals surface area (Å²) < 4.78 is 35.0. The second-order valence-corrected chi connectivity index (χ2v) is 12.9. The quantitative estimate of drug-likeness (QED) is 0.541. The summed E-state index contributed by atoms with van der Waals surface area (Å²) in [5.74, 6) is -0.0856. The van der Waals surface area contributed by atoms with Crippen molar-refractivity contribution in [1.29, 1.82) is 0 Å². The lowest BCUT2D eigenvalue weighted by Crippen LogP contribution is -2.40. The van der Waals surface area contributed by atoms with Crippen molar-refractivity contribution in [2.75, 3.05) is 31.6 Å². The normalized spacial score (nSPS) is 24.7. The lowest BCUT2D eigenvalue weighted by Gasteiger charge is -2.35. The van der Waals surface area contributed by atoms with Gasteiger partial charge in [-0.3, -0.25) is 4.79 Å². The van der Waals surface area contributed by atoms with Crippen LogP contribution in [-0.2, 0) is 20.2 Å². The Hall–Kier alpha value is -3.01. The summed E-state index contributed by atoms with van der Waals surface area (Å²) in [6.45, 7) is 8.27. The molecule has 0 unspecified atom stereocenters. The van der Waals surface area contributed by atoms with Crippen LogP contribution in [0.5, 0.6) is 0 Å². The minimum Gasteiger partial charge on any atom is -0.379 e. The molecule has 37 heavy (non-hydrogen) atoms. The molecule has 2 aliphatic carbocycles. The fourth-order valence-corrected chi connectivity index (χ4v) is 7.96. The number of morpholine rings is 1. The minimum absolute atomic E-state index is 0.00167. The van der Waals surface area contributed by atoms with Gasteiger partial charge in [0.25, 0.3) is 5.91 Å². The highest BCUT2D eigenvalue weighted by Crippen LogP contribution is 2.68.